The number of sulfonamides is 1. The van der Waals surface area contributed by atoms with Gasteiger partial charge >= 0.3 is 0 Å². The van der Waals surface area contributed by atoms with Gasteiger partial charge in [0, 0.05) is 29.8 Å². The molecule has 5 nitrogen and oxygen atoms in total. The lowest BCUT2D eigenvalue weighted by Gasteiger charge is -2.06. The molecule has 2 aromatic rings. The number of benzene rings is 1. The number of imidazole rings is 1. The fraction of sp³-hybridized carbons (Fsp3) is 0.357. The maximum absolute atomic E-state index is 11.4. The van der Waals surface area contributed by atoms with Crippen molar-refractivity contribution < 1.29 is 8.42 Å². The van der Waals surface area contributed by atoms with Gasteiger partial charge in [-0.15, -0.1) is 11.8 Å². The van der Waals surface area contributed by atoms with E-state index in [2.05, 4.69) is 17.1 Å². The van der Waals surface area contributed by atoms with E-state index >= 15 is 0 Å². The van der Waals surface area contributed by atoms with Crippen molar-refractivity contribution in [2.45, 2.75) is 36.2 Å². The molecule has 0 bridgehead atoms. The number of nitrogens with zero attached hydrogens (tertiary/aromatic N) is 2. The molecule has 0 aliphatic carbocycles. The molecule has 7 heteroatoms. The van der Waals surface area contributed by atoms with Crippen LogP contribution >= 0.6 is 11.8 Å². The van der Waals surface area contributed by atoms with Crippen LogP contribution in [0.4, 0.5) is 0 Å². The third-order valence-electron chi connectivity index (χ3n) is 2.95. The van der Waals surface area contributed by atoms with Crippen molar-refractivity contribution in [1.29, 1.82) is 0 Å². The van der Waals surface area contributed by atoms with E-state index in [4.69, 9.17) is 5.14 Å². The lowest BCUT2D eigenvalue weighted by atomic mass is 10.3. The molecule has 0 aliphatic heterocycles. The maximum atomic E-state index is 11.4. The largest absolute Gasteiger partial charge is 0.333 e. The van der Waals surface area contributed by atoms with Crippen LogP contribution in [0.5, 0.6) is 0 Å². The monoisotopic (exact) mass is 325 g/mol. The van der Waals surface area contributed by atoms with Crippen molar-refractivity contribution in [3.8, 4) is 0 Å². The molecule has 2 N–H and O–H groups in total. The zero-order valence-electron chi connectivity index (χ0n) is 11.9. The summed E-state index contributed by atoms with van der Waals surface area (Å²) in [5, 5.41) is 5.10. The Labute approximate surface area is 129 Å². The van der Waals surface area contributed by atoms with Gasteiger partial charge in [0.25, 0.3) is 10.0 Å². The second-order valence-corrected chi connectivity index (χ2v) is 7.32. The Kier molecular flexibility index (Phi) is 5.44. The fourth-order valence-electron chi connectivity index (χ4n) is 1.96. The van der Waals surface area contributed by atoms with Crippen LogP contribution in [0.2, 0.25) is 0 Å². The molecule has 0 saturated carbocycles. The number of nitrogens with two attached hydrogens (primary N) is 1. The predicted molar refractivity (Wildman–Crippen MR) is 84.8 cm³/mol. The Morgan fingerprint density at radius 1 is 1.29 bits per heavy atom. The SMILES string of the molecule is CCCc1nc(S(N)(=O)=O)cn1CCSc1ccccc1. The van der Waals surface area contributed by atoms with Gasteiger partial charge in [-0.25, -0.2) is 18.5 Å². The summed E-state index contributed by atoms with van der Waals surface area (Å²) in [6.45, 7) is 2.74. The first-order valence-corrected chi connectivity index (χ1v) is 9.30. The standard InChI is InChI=1S/C14H19N3O2S2/c1-2-6-13-16-14(21(15,18)19)11-17(13)9-10-20-12-7-4-3-5-8-12/h3-5,7-8,11H,2,6,9-10H2,1H3,(H2,15,18,19). The predicted octanol–water partition coefficient (Wildman–Crippen LogP) is 2.28. The number of thioether (sulfide) groups is 1. The van der Waals surface area contributed by atoms with Crippen LogP contribution in [0.1, 0.15) is 19.2 Å². The molecule has 0 amide bonds. The van der Waals surface area contributed by atoms with Gasteiger partial charge in [-0.05, 0) is 18.6 Å². The molecule has 0 spiro atoms. The average molecular weight is 325 g/mol. The quantitative estimate of drug-likeness (QED) is 0.792. The highest BCUT2D eigenvalue weighted by Gasteiger charge is 2.15. The highest BCUT2D eigenvalue weighted by Crippen LogP contribution is 2.18. The fourth-order valence-corrected chi connectivity index (χ4v) is 3.34. The highest BCUT2D eigenvalue weighted by molar-refractivity contribution is 7.99. The third kappa shape index (κ3) is 4.59. The second kappa shape index (κ2) is 7.11. The number of hydrogen-bond acceptors (Lipinski definition) is 4. The van der Waals surface area contributed by atoms with Crippen molar-refractivity contribution >= 4 is 21.8 Å². The summed E-state index contributed by atoms with van der Waals surface area (Å²) in [6, 6.07) is 10.1. The van der Waals surface area contributed by atoms with E-state index in [1.54, 1.807) is 11.8 Å². The lowest BCUT2D eigenvalue weighted by molar-refractivity contribution is 0.594. The number of primary sulfonamides is 1. The molecule has 2 rings (SSSR count). The van der Waals surface area contributed by atoms with Crippen LogP contribution < -0.4 is 5.14 Å². The van der Waals surface area contributed by atoms with Gasteiger partial charge in [-0.1, -0.05) is 25.1 Å². The van der Waals surface area contributed by atoms with Gasteiger partial charge in [0.2, 0.25) is 0 Å². The van der Waals surface area contributed by atoms with Gasteiger partial charge in [0.15, 0.2) is 5.03 Å². The van der Waals surface area contributed by atoms with Gasteiger partial charge in [-0.3, -0.25) is 0 Å². The number of aromatic nitrogens is 2. The molecule has 0 fully saturated rings. The van der Waals surface area contributed by atoms with Gasteiger partial charge in [0.05, 0.1) is 0 Å². The Morgan fingerprint density at radius 3 is 2.62 bits per heavy atom. The van der Waals surface area contributed by atoms with Crippen molar-refractivity contribution in [3.63, 3.8) is 0 Å². The lowest BCUT2D eigenvalue weighted by Crippen LogP contribution is -2.12. The zero-order chi connectivity index (χ0) is 15.3. The zero-order valence-corrected chi connectivity index (χ0v) is 13.5. The van der Waals surface area contributed by atoms with Crippen LogP contribution in [-0.4, -0.2) is 23.7 Å². The first-order valence-electron chi connectivity index (χ1n) is 6.77. The minimum absolute atomic E-state index is 0.0457. The Balaban J connectivity index is 2.06. The highest BCUT2D eigenvalue weighted by atomic mass is 32.2. The van der Waals surface area contributed by atoms with E-state index in [0.717, 1.165) is 24.4 Å². The molecule has 21 heavy (non-hydrogen) atoms. The molecule has 0 atom stereocenters. The summed E-state index contributed by atoms with van der Waals surface area (Å²) in [6.07, 6.45) is 3.18. The average Bonchev–Trinajstić information content (AvgIpc) is 2.84. The van der Waals surface area contributed by atoms with Crippen LogP contribution in [0, 0.1) is 0 Å². The van der Waals surface area contributed by atoms with Crippen LogP contribution in [-0.2, 0) is 23.0 Å². The van der Waals surface area contributed by atoms with Crippen LogP contribution in [0.25, 0.3) is 0 Å². The van der Waals surface area contributed by atoms with E-state index in [1.165, 1.54) is 11.1 Å². The Morgan fingerprint density at radius 2 is 2.00 bits per heavy atom. The Bertz CT molecular complexity index is 681. The number of hydrogen-bond donors (Lipinski definition) is 1. The van der Waals surface area contributed by atoms with Gasteiger partial charge < -0.3 is 4.57 Å². The Hall–Kier alpha value is -1.31. The molecule has 0 saturated heterocycles. The molecular formula is C14H19N3O2S2. The molecule has 1 aromatic carbocycles. The summed E-state index contributed by atoms with van der Waals surface area (Å²) in [4.78, 5) is 5.33. The normalized spacial score (nSPS) is 11.7. The van der Waals surface area contributed by atoms with E-state index in [0.29, 0.717) is 6.54 Å². The molecular weight excluding hydrogens is 306 g/mol. The van der Waals surface area contributed by atoms with E-state index in [-0.39, 0.29) is 5.03 Å². The van der Waals surface area contributed by atoms with Crippen molar-refractivity contribution in [2.24, 2.45) is 5.14 Å². The molecule has 0 unspecified atom stereocenters. The maximum Gasteiger partial charge on any atom is 0.257 e. The number of rotatable bonds is 7. The van der Waals surface area contributed by atoms with Gasteiger partial charge in [-0.2, -0.15) is 0 Å². The van der Waals surface area contributed by atoms with Crippen molar-refractivity contribution in [1.82, 2.24) is 9.55 Å². The molecule has 0 aliphatic rings. The van der Waals surface area contributed by atoms with Crippen LogP contribution in [0.3, 0.4) is 0 Å². The van der Waals surface area contributed by atoms with E-state index in [1.807, 2.05) is 29.7 Å². The molecule has 0 radical (unpaired) electrons. The molecule has 1 heterocycles. The van der Waals surface area contributed by atoms with Gasteiger partial charge in [0.1, 0.15) is 5.82 Å². The smallest absolute Gasteiger partial charge is 0.257 e. The summed E-state index contributed by atoms with van der Waals surface area (Å²) in [7, 11) is -3.74. The first-order chi connectivity index (χ1) is 10.0. The molecule has 1 aromatic heterocycles. The number of aryl methyl sites for hydroxylation is 2. The van der Waals surface area contributed by atoms with Crippen LogP contribution in [0.15, 0.2) is 46.5 Å². The minimum atomic E-state index is -3.74. The summed E-state index contributed by atoms with van der Waals surface area (Å²) in [5.74, 6) is 1.62. The second-order valence-electron chi connectivity index (χ2n) is 4.65. The van der Waals surface area contributed by atoms with Crippen molar-refractivity contribution in [2.75, 3.05) is 5.75 Å². The topological polar surface area (TPSA) is 78.0 Å². The first kappa shape index (κ1) is 16.1. The third-order valence-corrected chi connectivity index (χ3v) is 4.72. The summed E-state index contributed by atoms with van der Waals surface area (Å²) >= 11 is 1.73. The van der Waals surface area contributed by atoms with E-state index in [9.17, 15) is 8.42 Å². The van der Waals surface area contributed by atoms with E-state index < -0.39 is 10.0 Å². The summed E-state index contributed by atoms with van der Waals surface area (Å²) in [5.41, 5.74) is 0. The van der Waals surface area contributed by atoms with Crippen molar-refractivity contribution in [3.05, 3.63) is 42.4 Å². The summed E-state index contributed by atoms with van der Waals surface area (Å²) < 4.78 is 24.7. The molecule has 114 valence electrons. The minimum Gasteiger partial charge on any atom is -0.333 e.